The molecule has 102 valence electrons. The predicted octanol–water partition coefficient (Wildman–Crippen LogP) is 1.85. The first-order valence-electron chi connectivity index (χ1n) is 5.65. The summed E-state index contributed by atoms with van der Waals surface area (Å²) in [6.07, 6.45) is 2.55. The Balaban J connectivity index is 4.78. The lowest BCUT2D eigenvalue weighted by Crippen LogP contribution is -2.45. The van der Waals surface area contributed by atoms with Crippen molar-refractivity contribution < 1.29 is 19.2 Å². The monoisotopic (exact) mass is 255 g/mol. The number of nitrogens with zero attached hydrogens (tertiary/aromatic N) is 1. The van der Waals surface area contributed by atoms with Crippen molar-refractivity contribution in [2.75, 3.05) is 6.61 Å². The molecule has 0 bridgehead atoms. The lowest BCUT2D eigenvalue weighted by molar-refractivity contribution is -0.202. The summed E-state index contributed by atoms with van der Waals surface area (Å²) >= 11 is 0. The second-order valence-corrected chi connectivity index (χ2v) is 4.66. The molecule has 0 aromatic carbocycles. The number of carbonyl (C=O) groups is 2. The summed E-state index contributed by atoms with van der Waals surface area (Å²) in [5.41, 5.74) is -0.618. The van der Waals surface area contributed by atoms with Crippen LogP contribution in [0.2, 0.25) is 0 Å². The summed E-state index contributed by atoms with van der Waals surface area (Å²) < 4.78 is 5.18. The molecule has 0 radical (unpaired) electrons. The van der Waals surface area contributed by atoms with E-state index >= 15 is 0 Å². The van der Waals surface area contributed by atoms with Gasteiger partial charge < -0.3 is 4.74 Å². The van der Waals surface area contributed by atoms with Gasteiger partial charge in [0.15, 0.2) is 6.04 Å². The van der Waals surface area contributed by atoms with Gasteiger partial charge in [-0.3, -0.25) is 9.63 Å². The van der Waals surface area contributed by atoms with Gasteiger partial charge in [-0.1, -0.05) is 12.7 Å². The fourth-order valence-corrected chi connectivity index (χ4v) is 1.07. The lowest BCUT2D eigenvalue weighted by atomic mass is 10.2. The van der Waals surface area contributed by atoms with E-state index in [0.717, 1.165) is 11.1 Å². The number of amides is 1. The maximum Gasteiger partial charge on any atom is 0.331 e. The number of rotatable bonds is 6. The molecule has 0 aromatic rings. The lowest BCUT2D eigenvalue weighted by Gasteiger charge is -2.28. The molecule has 0 aliphatic heterocycles. The van der Waals surface area contributed by atoms with Gasteiger partial charge in [0.1, 0.15) is 5.60 Å². The zero-order valence-electron chi connectivity index (χ0n) is 11.4. The number of hydroxylamine groups is 2. The third kappa shape index (κ3) is 5.63. The van der Waals surface area contributed by atoms with Crippen LogP contribution in [-0.4, -0.2) is 35.2 Å². The van der Waals surface area contributed by atoms with Crippen LogP contribution >= 0.6 is 0 Å². The van der Waals surface area contributed by atoms with E-state index in [0.29, 0.717) is 0 Å². The fourth-order valence-electron chi connectivity index (χ4n) is 1.07. The summed E-state index contributed by atoms with van der Waals surface area (Å²) in [5, 5.41) is 0.933. The van der Waals surface area contributed by atoms with E-state index in [9.17, 15) is 9.59 Å². The van der Waals surface area contributed by atoms with Crippen molar-refractivity contribution in [3.05, 3.63) is 25.3 Å². The van der Waals surface area contributed by atoms with Crippen molar-refractivity contribution in [3.63, 3.8) is 0 Å². The van der Waals surface area contributed by atoms with Crippen molar-refractivity contribution in [1.29, 1.82) is 0 Å². The molecule has 0 spiro atoms. The Kier molecular flexibility index (Phi) is 6.33. The minimum atomic E-state index is -0.852. The van der Waals surface area contributed by atoms with Crippen molar-refractivity contribution in [2.45, 2.75) is 39.3 Å². The smallest absolute Gasteiger partial charge is 0.331 e. The van der Waals surface area contributed by atoms with Crippen molar-refractivity contribution >= 4 is 11.9 Å². The minimum absolute atomic E-state index is 0.118. The SMILES string of the molecule is C=CCON(C(=O)C=C)[C@@H](C)C(=O)OC(C)(C)C. The molecule has 18 heavy (non-hydrogen) atoms. The largest absolute Gasteiger partial charge is 0.458 e. The van der Waals surface area contributed by atoms with Crippen LogP contribution in [-0.2, 0) is 19.2 Å². The second-order valence-electron chi connectivity index (χ2n) is 4.66. The highest BCUT2D eigenvalue weighted by molar-refractivity contribution is 5.90. The van der Waals surface area contributed by atoms with E-state index < -0.39 is 23.5 Å². The van der Waals surface area contributed by atoms with Crippen LogP contribution in [0.4, 0.5) is 0 Å². The van der Waals surface area contributed by atoms with Gasteiger partial charge in [-0.25, -0.2) is 9.86 Å². The molecule has 0 aliphatic carbocycles. The molecule has 0 rings (SSSR count). The molecule has 0 N–H and O–H groups in total. The average molecular weight is 255 g/mol. The average Bonchev–Trinajstić information content (AvgIpc) is 2.26. The second kappa shape index (κ2) is 6.96. The molecule has 5 nitrogen and oxygen atoms in total. The molecular weight excluding hydrogens is 234 g/mol. The molecule has 0 heterocycles. The van der Waals surface area contributed by atoms with E-state index in [4.69, 9.17) is 9.57 Å². The topological polar surface area (TPSA) is 55.8 Å². The summed E-state index contributed by atoms with van der Waals surface area (Å²) in [4.78, 5) is 28.5. The van der Waals surface area contributed by atoms with Crippen molar-refractivity contribution in [2.24, 2.45) is 0 Å². The standard InChI is InChI=1S/C13H21NO4/c1-7-9-17-14(11(15)8-2)10(3)12(16)18-13(4,5)6/h7-8,10H,1-2,9H2,3-6H3/t10-/m0/s1. The Morgan fingerprint density at radius 2 is 1.89 bits per heavy atom. The molecule has 1 amide bonds. The highest BCUT2D eigenvalue weighted by Gasteiger charge is 2.29. The summed E-state index contributed by atoms with van der Waals surface area (Å²) in [6, 6.07) is -0.852. The van der Waals surface area contributed by atoms with E-state index in [1.54, 1.807) is 20.8 Å². The van der Waals surface area contributed by atoms with E-state index in [2.05, 4.69) is 13.2 Å². The molecular formula is C13H21NO4. The molecule has 1 atom stereocenters. The maximum absolute atomic E-state index is 11.8. The number of hydrogen-bond donors (Lipinski definition) is 0. The molecule has 0 aliphatic rings. The number of esters is 1. The van der Waals surface area contributed by atoms with Gasteiger partial charge >= 0.3 is 5.97 Å². The van der Waals surface area contributed by atoms with Crippen LogP contribution < -0.4 is 0 Å². The Bertz CT molecular complexity index is 330. The zero-order chi connectivity index (χ0) is 14.3. The normalized spacial score (nSPS) is 12.4. The highest BCUT2D eigenvalue weighted by Crippen LogP contribution is 2.12. The summed E-state index contributed by atoms with van der Waals surface area (Å²) in [6.45, 7) is 13.7. The Labute approximate surface area is 108 Å². The van der Waals surface area contributed by atoms with Crippen LogP contribution in [0.15, 0.2) is 25.3 Å². The van der Waals surface area contributed by atoms with Crippen molar-refractivity contribution in [1.82, 2.24) is 5.06 Å². The van der Waals surface area contributed by atoms with Crippen LogP contribution in [0.5, 0.6) is 0 Å². The maximum atomic E-state index is 11.8. The predicted molar refractivity (Wildman–Crippen MR) is 68.5 cm³/mol. The molecule has 0 saturated heterocycles. The molecule has 0 fully saturated rings. The van der Waals surface area contributed by atoms with E-state index in [1.807, 2.05) is 0 Å². The third-order valence-electron chi connectivity index (χ3n) is 1.82. The van der Waals surface area contributed by atoms with Crippen LogP contribution in [0.3, 0.4) is 0 Å². The zero-order valence-corrected chi connectivity index (χ0v) is 11.4. The molecule has 5 heteroatoms. The van der Waals surface area contributed by atoms with Gasteiger partial charge in [0.2, 0.25) is 0 Å². The Morgan fingerprint density at radius 1 is 1.33 bits per heavy atom. The van der Waals surface area contributed by atoms with Gasteiger partial charge in [-0.05, 0) is 33.8 Å². The summed E-state index contributed by atoms with van der Waals surface area (Å²) in [5.74, 6) is -1.04. The quantitative estimate of drug-likeness (QED) is 0.314. The number of carbonyl (C=O) groups excluding carboxylic acids is 2. The first-order chi connectivity index (χ1) is 8.22. The van der Waals surface area contributed by atoms with Gasteiger partial charge in [0.25, 0.3) is 5.91 Å². The first kappa shape index (κ1) is 16.4. The Morgan fingerprint density at radius 3 is 2.28 bits per heavy atom. The minimum Gasteiger partial charge on any atom is -0.458 e. The molecule has 0 unspecified atom stereocenters. The van der Waals surface area contributed by atoms with E-state index in [1.165, 1.54) is 13.0 Å². The molecule has 0 aromatic heterocycles. The Hall–Kier alpha value is -1.62. The van der Waals surface area contributed by atoms with Crippen LogP contribution in [0.25, 0.3) is 0 Å². The van der Waals surface area contributed by atoms with Gasteiger partial charge in [0, 0.05) is 0 Å². The number of ether oxygens (including phenoxy) is 1. The fraction of sp³-hybridized carbons (Fsp3) is 0.538. The van der Waals surface area contributed by atoms with Gasteiger partial charge in [-0.15, -0.1) is 6.58 Å². The van der Waals surface area contributed by atoms with Crippen LogP contribution in [0.1, 0.15) is 27.7 Å². The highest BCUT2D eigenvalue weighted by atomic mass is 16.7. The number of hydrogen-bond acceptors (Lipinski definition) is 4. The van der Waals surface area contributed by atoms with Gasteiger partial charge in [0.05, 0.1) is 6.61 Å². The van der Waals surface area contributed by atoms with Crippen LogP contribution in [0, 0.1) is 0 Å². The molecule has 0 saturated carbocycles. The van der Waals surface area contributed by atoms with Gasteiger partial charge in [-0.2, -0.15) is 0 Å². The first-order valence-corrected chi connectivity index (χ1v) is 5.65. The van der Waals surface area contributed by atoms with E-state index in [-0.39, 0.29) is 6.61 Å². The van der Waals surface area contributed by atoms with Crippen molar-refractivity contribution in [3.8, 4) is 0 Å². The third-order valence-corrected chi connectivity index (χ3v) is 1.82. The summed E-state index contributed by atoms with van der Waals surface area (Å²) in [7, 11) is 0.